The van der Waals surface area contributed by atoms with Crippen LogP contribution in [-0.4, -0.2) is 35.0 Å². The van der Waals surface area contributed by atoms with Crippen LogP contribution >= 0.6 is 0 Å². The van der Waals surface area contributed by atoms with Crippen LogP contribution in [0.25, 0.3) is 0 Å². The third-order valence-electron chi connectivity index (χ3n) is 9.40. The van der Waals surface area contributed by atoms with Gasteiger partial charge >= 0.3 is 0 Å². The molecule has 1 aromatic carbocycles. The Bertz CT molecular complexity index is 861. The Labute approximate surface area is 182 Å². The molecule has 3 N–H and O–H groups in total. The van der Waals surface area contributed by atoms with E-state index in [0.29, 0.717) is 23.7 Å². The number of aliphatic hydroxyl groups is 2. The van der Waals surface area contributed by atoms with Gasteiger partial charge in [-0.25, -0.2) is 0 Å². The highest BCUT2D eigenvalue weighted by molar-refractivity contribution is 5.49. The predicted octanol–water partition coefficient (Wildman–Crippen LogP) is 4.59. The number of aliphatic hydroxyl groups excluding tert-OH is 2. The zero-order valence-electron chi connectivity index (χ0n) is 19.1. The number of rotatable bonds is 2. The summed E-state index contributed by atoms with van der Waals surface area (Å²) in [5.74, 6) is 2.16. The Hall–Kier alpha value is -1.16. The van der Waals surface area contributed by atoms with Crippen LogP contribution in [0.15, 0.2) is 23.8 Å². The second-order valence-corrected chi connectivity index (χ2v) is 11.2. The zero-order chi connectivity index (χ0) is 21.2. The molecular formula is C27H39NO2. The van der Waals surface area contributed by atoms with Crippen LogP contribution in [0.2, 0.25) is 0 Å². The Morgan fingerprint density at radius 3 is 2.77 bits per heavy atom. The first-order chi connectivity index (χ1) is 14.3. The average molecular weight is 410 g/mol. The highest BCUT2D eigenvalue weighted by Crippen LogP contribution is 2.60. The van der Waals surface area contributed by atoms with Gasteiger partial charge in [0.25, 0.3) is 0 Å². The van der Waals surface area contributed by atoms with E-state index < -0.39 is 0 Å². The normalized spacial score (nSPS) is 41.5. The molecule has 30 heavy (non-hydrogen) atoms. The molecule has 0 spiro atoms. The molecule has 0 radical (unpaired) electrons. The van der Waals surface area contributed by atoms with E-state index in [0.717, 1.165) is 38.6 Å². The van der Waals surface area contributed by atoms with Gasteiger partial charge in [-0.2, -0.15) is 0 Å². The summed E-state index contributed by atoms with van der Waals surface area (Å²) >= 11 is 0. The monoisotopic (exact) mass is 409 g/mol. The number of fused-ring (bicyclic) bond motifs is 5. The van der Waals surface area contributed by atoms with Crippen molar-refractivity contribution in [2.75, 3.05) is 6.54 Å². The van der Waals surface area contributed by atoms with Crippen molar-refractivity contribution in [3.8, 4) is 0 Å². The van der Waals surface area contributed by atoms with Crippen LogP contribution in [0.5, 0.6) is 0 Å². The fourth-order valence-electron chi connectivity index (χ4n) is 7.49. The lowest BCUT2D eigenvalue weighted by atomic mass is 9.57. The predicted molar refractivity (Wildman–Crippen MR) is 122 cm³/mol. The zero-order valence-corrected chi connectivity index (χ0v) is 19.1. The number of benzene rings is 1. The minimum absolute atomic E-state index is 0.143. The summed E-state index contributed by atoms with van der Waals surface area (Å²) in [7, 11) is 0. The molecule has 1 saturated carbocycles. The Morgan fingerprint density at radius 1 is 1.20 bits per heavy atom. The van der Waals surface area contributed by atoms with Gasteiger partial charge in [-0.05, 0) is 103 Å². The standard InChI is InChI=1S/C27H39NO2/c1-15-11-25(30)26(28-14-15)17(3)20-7-8-21-22-6-5-18-12-19(29)9-10-27(18,4)24(22)13-23(21)16(20)2/h5,7-8,15,17,19,22,24-26,28-30H,6,9-14H2,1-4H3/t15-,17-,19?,22-,24-,25?,26-,27-/m0/s1. The van der Waals surface area contributed by atoms with Crippen molar-refractivity contribution < 1.29 is 10.2 Å². The maximum absolute atomic E-state index is 10.7. The summed E-state index contributed by atoms with van der Waals surface area (Å²) in [5.41, 5.74) is 7.79. The molecule has 0 bridgehead atoms. The van der Waals surface area contributed by atoms with Gasteiger partial charge in [0.05, 0.1) is 12.2 Å². The van der Waals surface area contributed by atoms with Crippen molar-refractivity contribution in [2.45, 2.75) is 96.3 Å². The van der Waals surface area contributed by atoms with Gasteiger partial charge < -0.3 is 15.5 Å². The number of nitrogens with one attached hydrogen (secondary N) is 1. The van der Waals surface area contributed by atoms with Gasteiger partial charge in [0.1, 0.15) is 0 Å². The molecule has 1 heterocycles. The molecule has 1 saturated heterocycles. The van der Waals surface area contributed by atoms with Crippen molar-refractivity contribution in [2.24, 2.45) is 17.3 Å². The van der Waals surface area contributed by atoms with Crippen LogP contribution in [0, 0.1) is 24.2 Å². The van der Waals surface area contributed by atoms with Crippen molar-refractivity contribution in [1.82, 2.24) is 5.32 Å². The molecule has 8 atom stereocenters. The summed E-state index contributed by atoms with van der Waals surface area (Å²) in [6.45, 7) is 10.3. The number of hydrogen-bond donors (Lipinski definition) is 3. The third kappa shape index (κ3) is 3.12. The van der Waals surface area contributed by atoms with Crippen molar-refractivity contribution in [3.05, 3.63) is 46.0 Å². The van der Waals surface area contributed by atoms with E-state index in [1.807, 2.05) is 0 Å². The van der Waals surface area contributed by atoms with Crippen LogP contribution in [0.3, 0.4) is 0 Å². The Kier molecular flexibility index (Phi) is 5.16. The van der Waals surface area contributed by atoms with Gasteiger partial charge in [0.2, 0.25) is 0 Å². The van der Waals surface area contributed by atoms with Gasteiger partial charge in [-0.15, -0.1) is 0 Å². The third-order valence-corrected chi connectivity index (χ3v) is 9.40. The van der Waals surface area contributed by atoms with Crippen molar-refractivity contribution in [1.29, 1.82) is 0 Å². The van der Waals surface area contributed by atoms with Gasteiger partial charge in [0, 0.05) is 6.04 Å². The molecule has 2 unspecified atom stereocenters. The molecule has 3 heteroatoms. The van der Waals surface area contributed by atoms with Gasteiger partial charge in [0.15, 0.2) is 0 Å². The second-order valence-electron chi connectivity index (χ2n) is 11.2. The molecular weight excluding hydrogens is 370 g/mol. The lowest BCUT2D eigenvalue weighted by molar-refractivity contribution is 0.0656. The van der Waals surface area contributed by atoms with E-state index in [2.05, 4.69) is 51.2 Å². The lowest BCUT2D eigenvalue weighted by Crippen LogP contribution is -2.50. The van der Waals surface area contributed by atoms with Crippen LogP contribution in [0.1, 0.15) is 87.0 Å². The topological polar surface area (TPSA) is 52.5 Å². The summed E-state index contributed by atoms with van der Waals surface area (Å²) in [5, 5.41) is 24.6. The number of allylic oxidation sites excluding steroid dienone is 1. The molecule has 164 valence electrons. The highest BCUT2D eigenvalue weighted by atomic mass is 16.3. The largest absolute Gasteiger partial charge is 0.393 e. The SMILES string of the molecule is Cc1c([C@H](C)[C@@H]2NC[C@@H](C)CC2O)ccc2c1C[C@H]1[C@H]2CC=C2CC(O)CC[C@@]21C. The number of piperidine rings is 1. The minimum Gasteiger partial charge on any atom is -0.393 e. The number of hydrogen-bond acceptors (Lipinski definition) is 3. The summed E-state index contributed by atoms with van der Waals surface area (Å²) in [6, 6.07) is 4.92. The first kappa shape index (κ1) is 20.7. The highest BCUT2D eigenvalue weighted by Gasteiger charge is 2.50. The maximum Gasteiger partial charge on any atom is 0.0702 e. The first-order valence-corrected chi connectivity index (χ1v) is 12.2. The summed E-state index contributed by atoms with van der Waals surface area (Å²) < 4.78 is 0. The maximum atomic E-state index is 10.7. The fourth-order valence-corrected chi connectivity index (χ4v) is 7.49. The molecule has 3 aliphatic carbocycles. The van der Waals surface area contributed by atoms with E-state index in [-0.39, 0.29) is 23.7 Å². The molecule has 2 fully saturated rings. The molecule has 0 aromatic heterocycles. The van der Waals surface area contributed by atoms with Crippen LogP contribution in [-0.2, 0) is 6.42 Å². The quantitative estimate of drug-likeness (QED) is 0.626. The van der Waals surface area contributed by atoms with E-state index in [9.17, 15) is 10.2 Å². The van der Waals surface area contributed by atoms with E-state index >= 15 is 0 Å². The Balaban J connectivity index is 1.44. The fraction of sp³-hybridized carbons (Fsp3) is 0.704. The molecule has 4 aliphatic rings. The molecule has 1 aliphatic heterocycles. The van der Waals surface area contributed by atoms with E-state index in [4.69, 9.17) is 0 Å². The summed E-state index contributed by atoms with van der Waals surface area (Å²) in [6.07, 6.45) is 8.20. The molecule has 5 rings (SSSR count). The lowest BCUT2D eigenvalue weighted by Gasteiger charge is -2.48. The van der Waals surface area contributed by atoms with E-state index in [1.165, 1.54) is 23.1 Å². The Morgan fingerprint density at radius 2 is 2.00 bits per heavy atom. The van der Waals surface area contributed by atoms with Crippen LogP contribution in [0.4, 0.5) is 0 Å². The van der Waals surface area contributed by atoms with Gasteiger partial charge in [-0.3, -0.25) is 0 Å². The second kappa shape index (κ2) is 7.46. The van der Waals surface area contributed by atoms with Crippen molar-refractivity contribution >= 4 is 0 Å². The molecule has 3 nitrogen and oxygen atoms in total. The average Bonchev–Trinajstić information content (AvgIpc) is 3.09. The van der Waals surface area contributed by atoms with Gasteiger partial charge in [-0.1, -0.05) is 44.6 Å². The van der Waals surface area contributed by atoms with Crippen molar-refractivity contribution in [3.63, 3.8) is 0 Å². The molecule has 0 amide bonds. The molecule has 1 aromatic rings. The van der Waals surface area contributed by atoms with E-state index in [1.54, 1.807) is 11.1 Å². The van der Waals surface area contributed by atoms with Crippen LogP contribution < -0.4 is 5.32 Å². The minimum atomic E-state index is -0.265. The summed E-state index contributed by atoms with van der Waals surface area (Å²) in [4.78, 5) is 0. The first-order valence-electron chi connectivity index (χ1n) is 12.2. The smallest absolute Gasteiger partial charge is 0.0702 e.